The lowest BCUT2D eigenvalue weighted by Gasteiger charge is -2.11. The molecule has 25 heavy (non-hydrogen) atoms. The van der Waals surface area contributed by atoms with Crippen LogP contribution in [0, 0.1) is 0 Å². The van der Waals surface area contributed by atoms with E-state index in [2.05, 4.69) is 26.9 Å². The Morgan fingerprint density at radius 1 is 1.04 bits per heavy atom. The standard InChI is InChI=1S/C19H20ClN3OS/c1-24-13-7-12-23-18(16-10-5-6-11-17(16)20)21-22-19(23)25-14-15-8-3-2-4-9-15/h2-6,8-11H,7,12-14H2,1H3. The van der Waals surface area contributed by atoms with Crippen LogP contribution in [-0.2, 0) is 17.0 Å². The molecule has 0 aliphatic heterocycles. The van der Waals surface area contributed by atoms with E-state index in [0.29, 0.717) is 11.6 Å². The Morgan fingerprint density at radius 3 is 2.56 bits per heavy atom. The molecular formula is C19H20ClN3OS. The summed E-state index contributed by atoms with van der Waals surface area (Å²) in [5.41, 5.74) is 2.17. The molecule has 0 unspecified atom stereocenters. The Kier molecular flexibility index (Phi) is 6.50. The lowest BCUT2D eigenvalue weighted by atomic mass is 10.2. The highest BCUT2D eigenvalue weighted by Gasteiger charge is 2.16. The summed E-state index contributed by atoms with van der Waals surface area (Å²) in [7, 11) is 1.71. The van der Waals surface area contributed by atoms with Crippen molar-refractivity contribution in [1.29, 1.82) is 0 Å². The van der Waals surface area contributed by atoms with Gasteiger partial charge in [-0.05, 0) is 24.1 Å². The van der Waals surface area contributed by atoms with Gasteiger partial charge in [-0.15, -0.1) is 10.2 Å². The number of benzene rings is 2. The first kappa shape index (κ1) is 18.0. The molecule has 4 nitrogen and oxygen atoms in total. The van der Waals surface area contributed by atoms with Gasteiger partial charge in [0.2, 0.25) is 0 Å². The van der Waals surface area contributed by atoms with Crippen molar-refractivity contribution < 1.29 is 4.74 Å². The fraction of sp³-hybridized carbons (Fsp3) is 0.263. The van der Waals surface area contributed by atoms with Crippen LogP contribution >= 0.6 is 23.4 Å². The molecule has 0 bridgehead atoms. The van der Waals surface area contributed by atoms with Crippen molar-refractivity contribution in [2.45, 2.75) is 23.9 Å². The molecule has 0 atom stereocenters. The molecule has 1 aromatic heterocycles. The summed E-state index contributed by atoms with van der Waals surface area (Å²) < 4.78 is 7.32. The molecule has 0 aliphatic carbocycles. The SMILES string of the molecule is COCCCn1c(SCc2ccccc2)nnc1-c1ccccc1Cl. The topological polar surface area (TPSA) is 39.9 Å². The van der Waals surface area contributed by atoms with E-state index in [9.17, 15) is 0 Å². The van der Waals surface area contributed by atoms with Crippen LogP contribution in [0.25, 0.3) is 11.4 Å². The third kappa shape index (κ3) is 4.63. The van der Waals surface area contributed by atoms with E-state index in [0.717, 1.165) is 35.3 Å². The van der Waals surface area contributed by atoms with Gasteiger partial charge in [-0.1, -0.05) is 65.8 Å². The number of thioether (sulfide) groups is 1. The summed E-state index contributed by atoms with van der Waals surface area (Å²) in [6.45, 7) is 1.49. The maximum Gasteiger partial charge on any atom is 0.191 e. The molecule has 3 rings (SSSR count). The Morgan fingerprint density at radius 2 is 1.80 bits per heavy atom. The summed E-state index contributed by atoms with van der Waals surface area (Å²) >= 11 is 8.05. The molecular weight excluding hydrogens is 354 g/mol. The van der Waals surface area contributed by atoms with E-state index in [1.54, 1.807) is 18.9 Å². The monoisotopic (exact) mass is 373 g/mol. The van der Waals surface area contributed by atoms with E-state index in [1.807, 2.05) is 42.5 Å². The summed E-state index contributed by atoms with van der Waals surface area (Å²) in [6.07, 6.45) is 0.894. The summed E-state index contributed by atoms with van der Waals surface area (Å²) in [6, 6.07) is 18.1. The fourth-order valence-electron chi connectivity index (χ4n) is 2.53. The van der Waals surface area contributed by atoms with E-state index in [1.165, 1.54) is 5.56 Å². The lowest BCUT2D eigenvalue weighted by Crippen LogP contribution is -2.05. The molecule has 0 radical (unpaired) electrons. The molecule has 0 fully saturated rings. The Hall–Kier alpha value is -1.82. The predicted octanol–water partition coefficient (Wildman–Crippen LogP) is 4.93. The number of hydrogen-bond donors (Lipinski definition) is 0. The zero-order valence-corrected chi connectivity index (χ0v) is 15.6. The van der Waals surface area contributed by atoms with Gasteiger partial charge in [-0.2, -0.15) is 0 Å². The van der Waals surface area contributed by atoms with Gasteiger partial charge in [0, 0.05) is 31.6 Å². The van der Waals surface area contributed by atoms with Crippen molar-refractivity contribution in [2.24, 2.45) is 0 Å². The second-order valence-electron chi connectivity index (χ2n) is 5.56. The molecule has 3 aromatic rings. The van der Waals surface area contributed by atoms with Crippen LogP contribution in [0.5, 0.6) is 0 Å². The zero-order valence-electron chi connectivity index (χ0n) is 14.1. The number of methoxy groups -OCH3 is 1. The fourth-order valence-corrected chi connectivity index (χ4v) is 3.67. The average Bonchev–Trinajstić information content (AvgIpc) is 3.04. The maximum absolute atomic E-state index is 6.36. The minimum atomic E-state index is 0.683. The molecule has 0 aliphatic rings. The van der Waals surface area contributed by atoms with Gasteiger partial charge in [0.25, 0.3) is 0 Å². The predicted molar refractivity (Wildman–Crippen MR) is 103 cm³/mol. The highest BCUT2D eigenvalue weighted by atomic mass is 35.5. The summed E-state index contributed by atoms with van der Waals surface area (Å²) in [5.74, 6) is 1.66. The number of nitrogens with zero attached hydrogens (tertiary/aromatic N) is 3. The smallest absolute Gasteiger partial charge is 0.191 e. The highest BCUT2D eigenvalue weighted by Crippen LogP contribution is 2.30. The molecule has 0 amide bonds. The molecule has 1 heterocycles. The van der Waals surface area contributed by atoms with Crippen molar-refractivity contribution in [2.75, 3.05) is 13.7 Å². The summed E-state index contributed by atoms with van der Waals surface area (Å²) in [4.78, 5) is 0. The third-order valence-corrected chi connectivity index (χ3v) is 5.14. The minimum absolute atomic E-state index is 0.683. The molecule has 0 saturated carbocycles. The first-order valence-corrected chi connectivity index (χ1v) is 9.49. The third-order valence-electron chi connectivity index (χ3n) is 3.77. The van der Waals surface area contributed by atoms with Crippen molar-refractivity contribution in [3.8, 4) is 11.4 Å². The van der Waals surface area contributed by atoms with Crippen LogP contribution in [0.2, 0.25) is 5.02 Å². The molecule has 0 spiro atoms. The van der Waals surface area contributed by atoms with E-state index >= 15 is 0 Å². The molecule has 6 heteroatoms. The van der Waals surface area contributed by atoms with Crippen LogP contribution in [0.15, 0.2) is 59.8 Å². The zero-order chi connectivity index (χ0) is 17.5. The van der Waals surface area contributed by atoms with Gasteiger partial charge in [-0.3, -0.25) is 0 Å². The van der Waals surface area contributed by atoms with Gasteiger partial charge in [0.15, 0.2) is 11.0 Å². The normalized spacial score (nSPS) is 11.0. The van der Waals surface area contributed by atoms with Crippen molar-refractivity contribution in [3.05, 3.63) is 65.2 Å². The van der Waals surface area contributed by atoms with Crippen LogP contribution < -0.4 is 0 Å². The first-order chi connectivity index (χ1) is 12.3. The number of aromatic nitrogens is 3. The van der Waals surface area contributed by atoms with Gasteiger partial charge in [0.05, 0.1) is 5.02 Å². The average molecular weight is 374 g/mol. The maximum atomic E-state index is 6.36. The Bertz CT molecular complexity index is 807. The largest absolute Gasteiger partial charge is 0.385 e. The molecule has 0 saturated heterocycles. The van der Waals surface area contributed by atoms with E-state index in [4.69, 9.17) is 16.3 Å². The second kappa shape index (κ2) is 9.04. The quantitative estimate of drug-likeness (QED) is 0.414. The second-order valence-corrected chi connectivity index (χ2v) is 6.91. The minimum Gasteiger partial charge on any atom is -0.385 e. The number of hydrogen-bond acceptors (Lipinski definition) is 4. The molecule has 130 valence electrons. The van der Waals surface area contributed by atoms with Crippen LogP contribution in [-0.4, -0.2) is 28.5 Å². The van der Waals surface area contributed by atoms with Crippen molar-refractivity contribution >= 4 is 23.4 Å². The van der Waals surface area contributed by atoms with E-state index in [-0.39, 0.29) is 0 Å². The number of halogens is 1. The Balaban J connectivity index is 1.85. The lowest BCUT2D eigenvalue weighted by molar-refractivity contribution is 0.189. The number of ether oxygens (including phenoxy) is 1. The van der Waals surface area contributed by atoms with Crippen LogP contribution in [0.1, 0.15) is 12.0 Å². The molecule has 2 aromatic carbocycles. The van der Waals surface area contributed by atoms with Crippen molar-refractivity contribution in [1.82, 2.24) is 14.8 Å². The van der Waals surface area contributed by atoms with Gasteiger partial charge in [-0.25, -0.2) is 0 Å². The van der Waals surface area contributed by atoms with Crippen molar-refractivity contribution in [3.63, 3.8) is 0 Å². The van der Waals surface area contributed by atoms with Crippen LogP contribution in [0.4, 0.5) is 0 Å². The highest BCUT2D eigenvalue weighted by molar-refractivity contribution is 7.98. The summed E-state index contributed by atoms with van der Waals surface area (Å²) in [5, 5.41) is 10.4. The Labute approximate surface area is 157 Å². The van der Waals surface area contributed by atoms with Gasteiger partial charge < -0.3 is 9.30 Å². The van der Waals surface area contributed by atoms with Gasteiger partial charge >= 0.3 is 0 Å². The number of rotatable bonds is 8. The molecule has 0 N–H and O–H groups in total. The van der Waals surface area contributed by atoms with Gasteiger partial charge in [0.1, 0.15) is 0 Å². The first-order valence-electron chi connectivity index (χ1n) is 8.13. The van der Waals surface area contributed by atoms with E-state index < -0.39 is 0 Å². The van der Waals surface area contributed by atoms with Crippen LogP contribution in [0.3, 0.4) is 0 Å².